The number of halogens is 2. The third-order valence-corrected chi connectivity index (χ3v) is 2.21. The standard InChI is InChI=1S/C9H10ClF/c1-6-3-4-9(11)8(5-10)7(6)2/h3-4H,5H2,1-2H3. The molecule has 0 atom stereocenters. The van der Waals surface area contributed by atoms with E-state index in [1.165, 1.54) is 6.07 Å². The van der Waals surface area contributed by atoms with Crippen molar-refractivity contribution in [1.82, 2.24) is 0 Å². The summed E-state index contributed by atoms with van der Waals surface area (Å²) >= 11 is 5.57. The molecule has 0 N–H and O–H groups in total. The van der Waals surface area contributed by atoms with E-state index in [0.29, 0.717) is 5.56 Å². The molecule has 0 aliphatic rings. The second-order valence-corrected chi connectivity index (χ2v) is 2.87. The average molecular weight is 173 g/mol. The number of hydrogen-bond donors (Lipinski definition) is 0. The van der Waals surface area contributed by atoms with Crippen LogP contribution in [0, 0.1) is 19.7 Å². The van der Waals surface area contributed by atoms with Crippen molar-refractivity contribution >= 4 is 11.6 Å². The largest absolute Gasteiger partial charge is 0.207 e. The highest BCUT2D eigenvalue weighted by Crippen LogP contribution is 2.18. The highest BCUT2D eigenvalue weighted by molar-refractivity contribution is 6.17. The third-order valence-electron chi connectivity index (χ3n) is 1.95. The predicted molar refractivity (Wildman–Crippen MR) is 45.4 cm³/mol. The van der Waals surface area contributed by atoms with Gasteiger partial charge in [0.25, 0.3) is 0 Å². The Morgan fingerprint density at radius 1 is 1.36 bits per heavy atom. The zero-order valence-corrected chi connectivity index (χ0v) is 7.37. The fourth-order valence-electron chi connectivity index (χ4n) is 1.00. The molecule has 60 valence electrons. The lowest BCUT2D eigenvalue weighted by atomic mass is 10.0. The summed E-state index contributed by atoms with van der Waals surface area (Å²) in [6, 6.07) is 3.22. The number of aryl methyl sites for hydroxylation is 1. The van der Waals surface area contributed by atoms with E-state index in [0.717, 1.165) is 11.1 Å². The predicted octanol–water partition coefficient (Wildman–Crippen LogP) is 3.18. The minimum Gasteiger partial charge on any atom is -0.207 e. The van der Waals surface area contributed by atoms with E-state index in [4.69, 9.17) is 11.6 Å². The summed E-state index contributed by atoms with van der Waals surface area (Å²) < 4.78 is 12.9. The van der Waals surface area contributed by atoms with Crippen molar-refractivity contribution in [3.63, 3.8) is 0 Å². The molecular formula is C9H10ClF. The molecule has 0 spiro atoms. The summed E-state index contributed by atoms with van der Waals surface area (Å²) in [6.45, 7) is 3.83. The average Bonchev–Trinajstić information content (AvgIpc) is 1.99. The maximum Gasteiger partial charge on any atom is 0.127 e. The molecule has 0 saturated heterocycles. The van der Waals surface area contributed by atoms with Crippen LogP contribution in [0.3, 0.4) is 0 Å². The molecule has 0 heterocycles. The van der Waals surface area contributed by atoms with Gasteiger partial charge in [-0.1, -0.05) is 6.07 Å². The molecule has 0 unspecified atom stereocenters. The molecule has 11 heavy (non-hydrogen) atoms. The van der Waals surface area contributed by atoms with Gasteiger partial charge in [0, 0.05) is 5.56 Å². The van der Waals surface area contributed by atoms with Gasteiger partial charge in [-0.05, 0) is 31.0 Å². The molecule has 0 nitrogen and oxygen atoms in total. The van der Waals surface area contributed by atoms with Crippen LogP contribution in [-0.2, 0) is 5.88 Å². The van der Waals surface area contributed by atoms with E-state index < -0.39 is 0 Å². The molecule has 0 radical (unpaired) electrons. The summed E-state index contributed by atoms with van der Waals surface area (Å²) in [5.41, 5.74) is 2.66. The van der Waals surface area contributed by atoms with Gasteiger partial charge in [-0.3, -0.25) is 0 Å². The van der Waals surface area contributed by atoms with Crippen molar-refractivity contribution in [3.8, 4) is 0 Å². The topological polar surface area (TPSA) is 0 Å². The van der Waals surface area contributed by atoms with Crippen molar-refractivity contribution in [2.75, 3.05) is 0 Å². The lowest BCUT2D eigenvalue weighted by Gasteiger charge is -2.05. The van der Waals surface area contributed by atoms with Gasteiger partial charge in [-0.2, -0.15) is 0 Å². The minimum atomic E-state index is -0.205. The first-order valence-electron chi connectivity index (χ1n) is 3.47. The number of hydrogen-bond acceptors (Lipinski definition) is 0. The lowest BCUT2D eigenvalue weighted by molar-refractivity contribution is 0.614. The Balaban J connectivity index is 3.29. The molecule has 0 saturated carbocycles. The van der Waals surface area contributed by atoms with Crippen LogP contribution in [-0.4, -0.2) is 0 Å². The van der Waals surface area contributed by atoms with E-state index in [1.807, 2.05) is 13.8 Å². The molecule has 1 aromatic rings. The van der Waals surface area contributed by atoms with Gasteiger partial charge in [0.2, 0.25) is 0 Å². The van der Waals surface area contributed by atoms with Crippen molar-refractivity contribution in [2.24, 2.45) is 0 Å². The maximum atomic E-state index is 12.9. The van der Waals surface area contributed by atoms with Crippen LogP contribution in [0.4, 0.5) is 4.39 Å². The van der Waals surface area contributed by atoms with Gasteiger partial charge < -0.3 is 0 Å². The summed E-state index contributed by atoms with van der Waals surface area (Å²) in [5.74, 6) is 0.0439. The molecule has 0 fully saturated rings. The van der Waals surface area contributed by atoms with E-state index in [2.05, 4.69) is 0 Å². The Bertz CT molecular complexity index is 269. The zero-order chi connectivity index (χ0) is 8.43. The quantitative estimate of drug-likeness (QED) is 0.571. The Morgan fingerprint density at radius 3 is 2.45 bits per heavy atom. The summed E-state index contributed by atoms with van der Waals surface area (Å²) in [6.07, 6.45) is 0. The van der Waals surface area contributed by atoms with Crippen LogP contribution in [0.1, 0.15) is 16.7 Å². The molecule has 2 heteroatoms. The first kappa shape index (κ1) is 8.54. The van der Waals surface area contributed by atoms with Crippen molar-refractivity contribution < 1.29 is 4.39 Å². The smallest absolute Gasteiger partial charge is 0.127 e. The van der Waals surface area contributed by atoms with E-state index in [-0.39, 0.29) is 11.7 Å². The van der Waals surface area contributed by atoms with Gasteiger partial charge in [0.1, 0.15) is 5.82 Å². The molecule has 0 amide bonds. The molecule has 0 aliphatic heterocycles. The fourth-order valence-corrected chi connectivity index (χ4v) is 1.33. The molecule has 0 aromatic heterocycles. The van der Waals surface area contributed by atoms with E-state index >= 15 is 0 Å². The van der Waals surface area contributed by atoms with Crippen LogP contribution in [0.5, 0.6) is 0 Å². The third kappa shape index (κ3) is 1.54. The second-order valence-electron chi connectivity index (χ2n) is 2.60. The highest BCUT2D eigenvalue weighted by Gasteiger charge is 2.05. The van der Waals surface area contributed by atoms with Crippen LogP contribution < -0.4 is 0 Å². The van der Waals surface area contributed by atoms with Crippen LogP contribution >= 0.6 is 11.6 Å². The molecule has 0 aliphatic carbocycles. The lowest BCUT2D eigenvalue weighted by Crippen LogP contribution is -1.93. The maximum absolute atomic E-state index is 12.9. The Hall–Kier alpha value is -0.560. The van der Waals surface area contributed by atoms with Crippen molar-refractivity contribution in [1.29, 1.82) is 0 Å². The fraction of sp³-hybridized carbons (Fsp3) is 0.333. The van der Waals surface area contributed by atoms with Gasteiger partial charge in [0.05, 0.1) is 5.88 Å². The van der Waals surface area contributed by atoms with E-state index in [1.54, 1.807) is 6.07 Å². The first-order valence-corrected chi connectivity index (χ1v) is 4.01. The Morgan fingerprint density at radius 2 is 2.00 bits per heavy atom. The number of rotatable bonds is 1. The molecule has 0 bridgehead atoms. The van der Waals surface area contributed by atoms with Gasteiger partial charge in [0.15, 0.2) is 0 Å². The van der Waals surface area contributed by atoms with Crippen molar-refractivity contribution in [3.05, 3.63) is 34.6 Å². The van der Waals surface area contributed by atoms with Gasteiger partial charge >= 0.3 is 0 Å². The first-order chi connectivity index (χ1) is 5.16. The zero-order valence-electron chi connectivity index (χ0n) is 6.62. The molecular weight excluding hydrogens is 163 g/mol. The Labute approximate surface area is 71.0 Å². The van der Waals surface area contributed by atoms with Gasteiger partial charge in [-0.25, -0.2) is 4.39 Å². The minimum absolute atomic E-state index is 0.205. The number of alkyl halides is 1. The second kappa shape index (κ2) is 3.22. The van der Waals surface area contributed by atoms with Crippen molar-refractivity contribution in [2.45, 2.75) is 19.7 Å². The van der Waals surface area contributed by atoms with Crippen LogP contribution in [0.15, 0.2) is 12.1 Å². The Kier molecular flexibility index (Phi) is 2.50. The molecule has 1 aromatic carbocycles. The normalized spacial score (nSPS) is 10.2. The monoisotopic (exact) mass is 172 g/mol. The molecule has 1 rings (SSSR count). The van der Waals surface area contributed by atoms with Crippen LogP contribution in [0.25, 0.3) is 0 Å². The summed E-state index contributed by atoms with van der Waals surface area (Å²) in [4.78, 5) is 0. The highest BCUT2D eigenvalue weighted by atomic mass is 35.5. The van der Waals surface area contributed by atoms with E-state index in [9.17, 15) is 4.39 Å². The van der Waals surface area contributed by atoms with Gasteiger partial charge in [-0.15, -0.1) is 11.6 Å². The summed E-state index contributed by atoms with van der Waals surface area (Å²) in [5, 5.41) is 0. The van der Waals surface area contributed by atoms with Crippen LogP contribution in [0.2, 0.25) is 0 Å². The number of benzene rings is 1. The summed E-state index contributed by atoms with van der Waals surface area (Å²) in [7, 11) is 0. The SMILES string of the molecule is Cc1ccc(F)c(CCl)c1C.